The van der Waals surface area contributed by atoms with Crippen molar-refractivity contribution in [3.05, 3.63) is 93.6 Å². The smallest absolute Gasteiger partial charge is 0.301 e. The van der Waals surface area contributed by atoms with E-state index in [0.29, 0.717) is 16.4 Å². The molecule has 38 heavy (non-hydrogen) atoms. The maximum Gasteiger partial charge on any atom is 0.301 e. The Morgan fingerprint density at radius 2 is 1.71 bits per heavy atom. The zero-order valence-electron chi connectivity index (χ0n) is 22.3. The van der Waals surface area contributed by atoms with Gasteiger partial charge in [-0.3, -0.25) is 14.5 Å². The first kappa shape index (κ1) is 25.7. The van der Waals surface area contributed by atoms with Crippen LogP contribution >= 0.6 is 11.3 Å². The highest BCUT2D eigenvalue weighted by Crippen LogP contribution is 2.45. The lowest BCUT2D eigenvalue weighted by Gasteiger charge is -2.23. The molecule has 0 spiro atoms. The molecule has 1 fully saturated rings. The molecule has 6 nitrogen and oxygen atoms in total. The predicted molar refractivity (Wildman–Crippen MR) is 152 cm³/mol. The van der Waals surface area contributed by atoms with Crippen molar-refractivity contribution in [2.45, 2.75) is 53.7 Å². The second kappa shape index (κ2) is 9.72. The molecule has 2 heterocycles. The third kappa shape index (κ3) is 4.47. The number of thiazole rings is 1. The summed E-state index contributed by atoms with van der Waals surface area (Å²) in [5.41, 5.74) is 6.03. The number of aryl methyl sites for hydroxylation is 4. The monoisotopic (exact) mass is 526 g/mol. The Balaban J connectivity index is 1.69. The fourth-order valence-electron chi connectivity index (χ4n) is 4.79. The van der Waals surface area contributed by atoms with Gasteiger partial charge < -0.3 is 9.84 Å². The lowest BCUT2D eigenvalue weighted by Crippen LogP contribution is -2.29. The van der Waals surface area contributed by atoms with Crippen LogP contribution in [0.25, 0.3) is 16.0 Å². The van der Waals surface area contributed by atoms with Gasteiger partial charge in [0.2, 0.25) is 0 Å². The van der Waals surface area contributed by atoms with Crippen molar-refractivity contribution >= 4 is 44.1 Å². The van der Waals surface area contributed by atoms with Crippen LogP contribution in [0.4, 0.5) is 5.13 Å². The quantitative estimate of drug-likeness (QED) is 0.173. The van der Waals surface area contributed by atoms with Gasteiger partial charge in [0.15, 0.2) is 5.13 Å². The number of amides is 1. The maximum atomic E-state index is 13.6. The van der Waals surface area contributed by atoms with Gasteiger partial charge in [-0.2, -0.15) is 0 Å². The van der Waals surface area contributed by atoms with Gasteiger partial charge in [-0.1, -0.05) is 41.2 Å². The van der Waals surface area contributed by atoms with Crippen molar-refractivity contribution in [2.24, 2.45) is 0 Å². The van der Waals surface area contributed by atoms with Crippen LogP contribution in [0.5, 0.6) is 5.75 Å². The topological polar surface area (TPSA) is 79.7 Å². The number of aliphatic hydroxyl groups excluding tert-OH is 1. The van der Waals surface area contributed by atoms with E-state index in [-0.39, 0.29) is 17.4 Å². The number of carbonyl (C=O) groups is 2. The predicted octanol–water partition coefficient (Wildman–Crippen LogP) is 6.94. The molecule has 1 aromatic heterocycles. The average molecular weight is 527 g/mol. The van der Waals surface area contributed by atoms with Gasteiger partial charge in [0, 0.05) is 5.56 Å². The largest absolute Gasteiger partial charge is 0.507 e. The minimum absolute atomic E-state index is 0.00109. The molecule has 1 unspecified atom stereocenters. The molecule has 0 aliphatic carbocycles. The second-order valence-corrected chi connectivity index (χ2v) is 11.1. The molecule has 1 aliphatic rings. The highest BCUT2D eigenvalue weighted by atomic mass is 32.1. The molecule has 1 saturated heterocycles. The third-order valence-electron chi connectivity index (χ3n) is 6.81. The summed E-state index contributed by atoms with van der Waals surface area (Å²) in [6, 6.07) is 16.1. The summed E-state index contributed by atoms with van der Waals surface area (Å²) < 4.78 is 6.77. The number of nitrogens with zero attached hydrogens (tertiary/aromatic N) is 2. The van der Waals surface area contributed by atoms with Crippen molar-refractivity contribution in [3.8, 4) is 5.75 Å². The standard InChI is InChI=1S/C31H30N2O4S/c1-16(2)37-24-11-10-22(13-20(24)6)28(34)26-27(21-9-7-8-17(3)12-21)33(30(36)29(26)35)31-32-23-14-18(4)19(5)15-25(23)38-31/h7-16,27,34H,1-6H3/b28-26+. The first-order valence-corrected chi connectivity index (χ1v) is 13.4. The number of aliphatic hydroxyl groups is 1. The Labute approximate surface area is 226 Å². The summed E-state index contributed by atoms with van der Waals surface area (Å²) >= 11 is 1.37. The van der Waals surface area contributed by atoms with E-state index in [1.54, 1.807) is 18.2 Å². The van der Waals surface area contributed by atoms with Crippen molar-refractivity contribution in [3.63, 3.8) is 0 Å². The van der Waals surface area contributed by atoms with Crippen LogP contribution in [0.1, 0.15) is 53.3 Å². The summed E-state index contributed by atoms with van der Waals surface area (Å²) in [5, 5.41) is 11.9. The van der Waals surface area contributed by atoms with Gasteiger partial charge in [0.05, 0.1) is 27.9 Å². The SMILES string of the molecule is Cc1cccc(C2/C(=C(\O)c3ccc(OC(C)C)c(C)c3)C(=O)C(=O)N2c2nc3cc(C)c(C)cc3s2)c1. The van der Waals surface area contributed by atoms with Crippen LogP contribution in [0.3, 0.4) is 0 Å². The van der Waals surface area contributed by atoms with Gasteiger partial charge >= 0.3 is 5.91 Å². The van der Waals surface area contributed by atoms with Crippen LogP contribution in [0.2, 0.25) is 0 Å². The summed E-state index contributed by atoms with van der Waals surface area (Å²) in [6.07, 6.45) is 0.00109. The molecule has 4 aromatic rings. The molecule has 1 amide bonds. The van der Waals surface area contributed by atoms with Crippen molar-refractivity contribution in [1.82, 2.24) is 4.98 Å². The lowest BCUT2D eigenvalue weighted by molar-refractivity contribution is -0.132. The number of fused-ring (bicyclic) bond motifs is 1. The van der Waals surface area contributed by atoms with Crippen LogP contribution in [0, 0.1) is 27.7 Å². The number of rotatable bonds is 5. The lowest BCUT2D eigenvalue weighted by atomic mass is 9.94. The highest BCUT2D eigenvalue weighted by Gasteiger charge is 2.48. The van der Waals surface area contributed by atoms with E-state index in [0.717, 1.165) is 38.0 Å². The van der Waals surface area contributed by atoms with E-state index in [1.165, 1.54) is 16.2 Å². The number of ketones is 1. The second-order valence-electron chi connectivity index (χ2n) is 10.1. The number of Topliss-reactive ketones (excluding diaryl/α,β-unsaturated/α-hetero) is 1. The Kier molecular flexibility index (Phi) is 6.57. The van der Waals surface area contributed by atoms with E-state index in [9.17, 15) is 14.7 Å². The molecule has 0 radical (unpaired) electrons. The average Bonchev–Trinajstić information content (AvgIpc) is 3.37. The fourth-order valence-corrected chi connectivity index (χ4v) is 5.87. The Morgan fingerprint density at radius 1 is 0.974 bits per heavy atom. The minimum Gasteiger partial charge on any atom is -0.507 e. The Hall–Kier alpha value is -3.97. The van der Waals surface area contributed by atoms with Crippen LogP contribution < -0.4 is 9.64 Å². The van der Waals surface area contributed by atoms with Gasteiger partial charge in [-0.05, 0) is 94.1 Å². The molecule has 1 atom stereocenters. The first-order chi connectivity index (χ1) is 18.0. The number of aromatic nitrogens is 1. The van der Waals surface area contributed by atoms with Crippen molar-refractivity contribution in [2.75, 3.05) is 4.90 Å². The highest BCUT2D eigenvalue weighted by molar-refractivity contribution is 7.22. The van der Waals surface area contributed by atoms with Crippen LogP contribution in [0.15, 0.2) is 60.2 Å². The summed E-state index contributed by atoms with van der Waals surface area (Å²) in [6.45, 7) is 11.8. The van der Waals surface area contributed by atoms with E-state index in [1.807, 2.05) is 77.9 Å². The van der Waals surface area contributed by atoms with Crippen LogP contribution in [-0.2, 0) is 9.59 Å². The zero-order valence-corrected chi connectivity index (χ0v) is 23.1. The zero-order chi connectivity index (χ0) is 27.3. The first-order valence-electron chi connectivity index (χ1n) is 12.6. The van der Waals surface area contributed by atoms with Gasteiger partial charge in [0.25, 0.3) is 5.78 Å². The molecule has 7 heteroatoms. The Morgan fingerprint density at radius 3 is 2.39 bits per heavy atom. The van der Waals surface area contributed by atoms with Gasteiger partial charge in [0.1, 0.15) is 11.5 Å². The number of ether oxygens (including phenoxy) is 1. The molecular weight excluding hydrogens is 496 g/mol. The van der Waals surface area contributed by atoms with E-state index in [2.05, 4.69) is 0 Å². The summed E-state index contributed by atoms with van der Waals surface area (Å²) in [4.78, 5) is 33.3. The normalized spacial score (nSPS) is 17.1. The number of hydrogen-bond acceptors (Lipinski definition) is 6. The summed E-state index contributed by atoms with van der Waals surface area (Å²) in [5.74, 6) is -0.959. The number of benzene rings is 3. The van der Waals surface area contributed by atoms with Crippen molar-refractivity contribution < 1.29 is 19.4 Å². The third-order valence-corrected chi connectivity index (χ3v) is 7.83. The van der Waals surface area contributed by atoms with Crippen LogP contribution in [-0.4, -0.2) is 27.9 Å². The number of anilines is 1. The molecule has 1 aliphatic heterocycles. The number of carbonyl (C=O) groups excluding carboxylic acids is 2. The summed E-state index contributed by atoms with van der Waals surface area (Å²) in [7, 11) is 0. The van der Waals surface area contributed by atoms with Crippen molar-refractivity contribution in [1.29, 1.82) is 0 Å². The molecule has 0 saturated carbocycles. The molecule has 5 rings (SSSR count). The Bertz CT molecular complexity index is 1590. The molecule has 194 valence electrons. The van der Waals surface area contributed by atoms with E-state index < -0.39 is 17.7 Å². The maximum absolute atomic E-state index is 13.6. The number of hydrogen-bond donors (Lipinski definition) is 1. The van der Waals surface area contributed by atoms with E-state index in [4.69, 9.17) is 9.72 Å². The van der Waals surface area contributed by atoms with E-state index >= 15 is 0 Å². The van der Waals surface area contributed by atoms with Gasteiger partial charge in [-0.25, -0.2) is 4.98 Å². The molecular formula is C31H30N2O4S. The molecule has 1 N–H and O–H groups in total. The minimum atomic E-state index is -0.815. The fraction of sp³-hybridized carbons (Fsp3) is 0.258. The molecule has 0 bridgehead atoms. The molecule has 3 aromatic carbocycles. The van der Waals surface area contributed by atoms with Gasteiger partial charge in [-0.15, -0.1) is 0 Å².